The number of anilines is 1. The van der Waals surface area contributed by atoms with Gasteiger partial charge in [0.1, 0.15) is 5.76 Å². The minimum absolute atomic E-state index is 0.0649. The van der Waals surface area contributed by atoms with E-state index in [1.807, 2.05) is 13.8 Å². The molecule has 0 aliphatic carbocycles. The van der Waals surface area contributed by atoms with E-state index >= 15 is 0 Å². The highest BCUT2D eigenvalue weighted by Gasteiger charge is 2.21. The topological polar surface area (TPSA) is 107 Å². The van der Waals surface area contributed by atoms with E-state index in [0.717, 1.165) is 0 Å². The van der Waals surface area contributed by atoms with Crippen LogP contribution in [0.25, 0.3) is 0 Å². The number of amides is 2. The van der Waals surface area contributed by atoms with Crippen molar-refractivity contribution < 1.29 is 33.0 Å². The zero-order valence-corrected chi connectivity index (χ0v) is 20.1. The van der Waals surface area contributed by atoms with E-state index in [1.165, 1.54) is 37.5 Å². The van der Waals surface area contributed by atoms with E-state index in [9.17, 15) is 14.4 Å². The summed E-state index contributed by atoms with van der Waals surface area (Å²) in [6.45, 7) is 3.46. The number of para-hydroxylation sites is 1. The van der Waals surface area contributed by atoms with Gasteiger partial charge in [-0.1, -0.05) is 12.1 Å². The van der Waals surface area contributed by atoms with Crippen molar-refractivity contribution in [1.82, 2.24) is 5.32 Å². The van der Waals surface area contributed by atoms with Gasteiger partial charge in [0.05, 0.1) is 42.8 Å². The first-order valence-corrected chi connectivity index (χ1v) is 11.0. The highest BCUT2D eigenvalue weighted by molar-refractivity contribution is 6.05. The molecule has 184 valence electrons. The average Bonchev–Trinajstić information content (AvgIpc) is 3.38. The quantitative estimate of drug-likeness (QED) is 0.440. The van der Waals surface area contributed by atoms with E-state index in [0.29, 0.717) is 28.5 Å². The molecule has 1 aromatic heterocycles. The number of esters is 1. The molecule has 9 heteroatoms. The third-order valence-electron chi connectivity index (χ3n) is 4.98. The molecular formula is C26H28N2O7. The Morgan fingerprint density at radius 1 is 1.03 bits per heavy atom. The van der Waals surface area contributed by atoms with Crippen LogP contribution in [0.15, 0.2) is 65.3 Å². The summed E-state index contributed by atoms with van der Waals surface area (Å²) in [4.78, 5) is 39.2. The zero-order valence-electron chi connectivity index (χ0n) is 20.1. The van der Waals surface area contributed by atoms with Crippen LogP contribution in [-0.4, -0.2) is 44.7 Å². The molecule has 9 nitrogen and oxygen atoms in total. The smallest absolute Gasteiger partial charge is 0.338 e. The van der Waals surface area contributed by atoms with Crippen molar-refractivity contribution in [2.24, 2.45) is 0 Å². The second kappa shape index (κ2) is 11.7. The molecular weight excluding hydrogens is 452 g/mol. The summed E-state index contributed by atoms with van der Waals surface area (Å²) in [5.41, 5.74) is 0.889. The summed E-state index contributed by atoms with van der Waals surface area (Å²) in [7, 11) is 2.98. The number of nitrogens with one attached hydrogen (secondary N) is 1. The van der Waals surface area contributed by atoms with Gasteiger partial charge in [0, 0.05) is 7.05 Å². The fourth-order valence-electron chi connectivity index (χ4n) is 3.22. The third kappa shape index (κ3) is 6.63. The number of methoxy groups -OCH3 is 1. The Morgan fingerprint density at radius 3 is 2.49 bits per heavy atom. The van der Waals surface area contributed by atoms with Gasteiger partial charge >= 0.3 is 5.97 Å². The van der Waals surface area contributed by atoms with Crippen LogP contribution in [0.1, 0.15) is 40.3 Å². The number of hydrogen-bond acceptors (Lipinski definition) is 7. The lowest BCUT2D eigenvalue weighted by Crippen LogP contribution is -2.33. The molecule has 0 spiro atoms. The van der Waals surface area contributed by atoms with Crippen LogP contribution in [0.5, 0.6) is 11.5 Å². The summed E-state index contributed by atoms with van der Waals surface area (Å²) in [5.74, 6) is -0.0816. The molecule has 0 radical (unpaired) electrons. The maximum atomic E-state index is 12.8. The molecule has 2 amide bonds. The Hall–Kier alpha value is -4.27. The lowest BCUT2D eigenvalue weighted by atomic mass is 10.1. The fraction of sp³-hybridized carbons (Fsp3) is 0.269. The Labute approximate surface area is 203 Å². The highest BCUT2D eigenvalue weighted by Crippen LogP contribution is 2.29. The maximum absolute atomic E-state index is 12.8. The number of furan rings is 1. The van der Waals surface area contributed by atoms with Gasteiger partial charge in [-0.15, -0.1) is 0 Å². The third-order valence-corrected chi connectivity index (χ3v) is 4.98. The molecule has 3 aromatic rings. The van der Waals surface area contributed by atoms with Crippen molar-refractivity contribution in [3.63, 3.8) is 0 Å². The van der Waals surface area contributed by atoms with Crippen LogP contribution >= 0.6 is 0 Å². The molecule has 0 aliphatic rings. The fourth-order valence-corrected chi connectivity index (χ4v) is 3.22. The van der Waals surface area contributed by atoms with Gasteiger partial charge in [0.2, 0.25) is 0 Å². The first-order chi connectivity index (χ1) is 16.8. The monoisotopic (exact) mass is 480 g/mol. The van der Waals surface area contributed by atoms with Crippen LogP contribution in [0.4, 0.5) is 5.69 Å². The maximum Gasteiger partial charge on any atom is 0.338 e. The van der Waals surface area contributed by atoms with Crippen LogP contribution in [0.2, 0.25) is 0 Å². The first-order valence-electron chi connectivity index (χ1n) is 11.0. The molecule has 35 heavy (non-hydrogen) atoms. The second-order valence-electron chi connectivity index (χ2n) is 7.84. The summed E-state index contributed by atoms with van der Waals surface area (Å²) in [6.07, 6.45) is 1.46. The minimum Gasteiger partial charge on any atom is -0.493 e. The summed E-state index contributed by atoms with van der Waals surface area (Å²) in [6, 6.07) is 14.8. The van der Waals surface area contributed by atoms with Crippen LogP contribution in [0.3, 0.4) is 0 Å². The number of benzene rings is 2. The average molecular weight is 481 g/mol. The zero-order chi connectivity index (χ0) is 25.4. The first kappa shape index (κ1) is 25.4. The van der Waals surface area contributed by atoms with Crippen molar-refractivity contribution in [2.75, 3.05) is 25.7 Å². The molecule has 0 saturated heterocycles. The number of hydrogen-bond donors (Lipinski definition) is 1. The Balaban J connectivity index is 1.63. The van der Waals surface area contributed by atoms with Crippen LogP contribution < -0.4 is 19.7 Å². The SMILES string of the molecule is COc1cc(C(=O)OCC(=O)N(C)c2ccccc2C(=O)NCc2ccco2)ccc1OC(C)C. The van der Waals surface area contributed by atoms with Crippen molar-refractivity contribution >= 4 is 23.5 Å². The lowest BCUT2D eigenvalue weighted by molar-refractivity contribution is -0.121. The van der Waals surface area contributed by atoms with Gasteiger partial charge in [-0.25, -0.2) is 4.79 Å². The van der Waals surface area contributed by atoms with E-state index < -0.39 is 18.5 Å². The van der Waals surface area contributed by atoms with Gasteiger partial charge in [-0.2, -0.15) is 0 Å². The summed E-state index contributed by atoms with van der Waals surface area (Å²) < 4.78 is 21.4. The second-order valence-corrected chi connectivity index (χ2v) is 7.84. The van der Waals surface area contributed by atoms with Crippen molar-refractivity contribution in [2.45, 2.75) is 26.5 Å². The van der Waals surface area contributed by atoms with E-state index in [1.54, 1.807) is 42.5 Å². The Kier molecular flexibility index (Phi) is 8.50. The number of carbonyl (C=O) groups excluding carboxylic acids is 3. The molecule has 1 N–H and O–H groups in total. The predicted octanol–water partition coefficient (Wildman–Crippen LogP) is 3.83. The lowest BCUT2D eigenvalue weighted by Gasteiger charge is -2.20. The molecule has 0 fully saturated rings. The molecule has 0 aliphatic heterocycles. The van der Waals surface area contributed by atoms with Gasteiger partial charge in [0.25, 0.3) is 11.8 Å². The largest absolute Gasteiger partial charge is 0.493 e. The molecule has 1 heterocycles. The van der Waals surface area contributed by atoms with Gasteiger partial charge < -0.3 is 28.8 Å². The van der Waals surface area contributed by atoms with Crippen molar-refractivity contribution in [1.29, 1.82) is 0 Å². The van der Waals surface area contributed by atoms with E-state index in [-0.39, 0.29) is 24.1 Å². The number of ether oxygens (including phenoxy) is 3. The Bertz CT molecular complexity index is 1170. The van der Waals surface area contributed by atoms with Crippen molar-refractivity contribution in [3.05, 3.63) is 77.7 Å². The van der Waals surface area contributed by atoms with Crippen LogP contribution in [-0.2, 0) is 16.1 Å². The molecule has 0 saturated carbocycles. The molecule has 0 atom stereocenters. The summed E-state index contributed by atoms with van der Waals surface area (Å²) in [5, 5.41) is 2.76. The normalized spacial score (nSPS) is 10.5. The Morgan fingerprint density at radius 2 is 1.80 bits per heavy atom. The van der Waals surface area contributed by atoms with Gasteiger partial charge in [0.15, 0.2) is 18.1 Å². The highest BCUT2D eigenvalue weighted by atomic mass is 16.5. The number of carbonyl (C=O) groups is 3. The number of nitrogens with zero attached hydrogens (tertiary/aromatic N) is 1. The number of rotatable bonds is 10. The van der Waals surface area contributed by atoms with E-state index in [2.05, 4.69) is 5.32 Å². The van der Waals surface area contributed by atoms with Gasteiger partial charge in [-0.05, 0) is 56.3 Å². The minimum atomic E-state index is -0.689. The summed E-state index contributed by atoms with van der Waals surface area (Å²) >= 11 is 0. The van der Waals surface area contributed by atoms with Crippen LogP contribution in [0, 0.1) is 0 Å². The van der Waals surface area contributed by atoms with Gasteiger partial charge in [-0.3, -0.25) is 9.59 Å². The molecule has 0 bridgehead atoms. The standard InChI is InChI=1S/C26H28N2O7/c1-17(2)35-22-12-11-18(14-23(22)32-4)26(31)34-16-24(29)28(3)21-10-6-5-9-20(21)25(30)27-15-19-8-7-13-33-19/h5-14,17H,15-16H2,1-4H3,(H,27,30). The molecule has 3 rings (SSSR count). The molecule has 0 unspecified atom stereocenters. The number of likely N-dealkylation sites (N-methyl/N-ethyl adjacent to an activating group) is 1. The van der Waals surface area contributed by atoms with E-state index in [4.69, 9.17) is 18.6 Å². The predicted molar refractivity (Wildman–Crippen MR) is 129 cm³/mol. The molecule has 2 aromatic carbocycles. The van der Waals surface area contributed by atoms with Crippen molar-refractivity contribution in [3.8, 4) is 11.5 Å².